The van der Waals surface area contributed by atoms with Gasteiger partial charge in [0, 0.05) is 25.2 Å². The van der Waals surface area contributed by atoms with Crippen molar-refractivity contribution in [1.82, 2.24) is 20.4 Å². The Labute approximate surface area is 179 Å². The molecule has 1 atom stereocenters. The number of amides is 1. The minimum atomic E-state index is 0.0316. The van der Waals surface area contributed by atoms with Crippen LogP contribution in [0.5, 0.6) is 0 Å². The summed E-state index contributed by atoms with van der Waals surface area (Å²) in [5.41, 5.74) is 3.18. The van der Waals surface area contributed by atoms with Crippen LogP contribution < -0.4 is 10.2 Å². The van der Waals surface area contributed by atoms with Crippen molar-refractivity contribution in [1.29, 1.82) is 0 Å². The second-order valence-corrected chi connectivity index (χ2v) is 8.62. The number of hydrogen-bond acceptors (Lipinski definition) is 5. The first-order valence-electron chi connectivity index (χ1n) is 11.3. The van der Waals surface area contributed by atoms with E-state index in [0.29, 0.717) is 0 Å². The average molecular weight is 408 g/mol. The average Bonchev–Trinajstić information content (AvgIpc) is 3.31. The molecule has 1 amide bonds. The number of nitrogens with zero attached hydrogens (tertiary/aromatic N) is 4. The quantitative estimate of drug-likeness (QED) is 0.714. The van der Waals surface area contributed by atoms with Crippen molar-refractivity contribution in [3.8, 4) is 11.3 Å². The fourth-order valence-electron chi connectivity index (χ4n) is 4.44. The Morgan fingerprint density at radius 1 is 1.03 bits per heavy atom. The Hall–Kier alpha value is -2.47. The minimum absolute atomic E-state index is 0.0316. The molecule has 0 bridgehead atoms. The molecule has 2 saturated heterocycles. The van der Waals surface area contributed by atoms with Crippen molar-refractivity contribution < 1.29 is 4.79 Å². The molecule has 2 aliphatic rings. The van der Waals surface area contributed by atoms with Crippen molar-refractivity contribution in [3.63, 3.8) is 0 Å². The number of carbonyl (C=O) groups excluding carboxylic acids is 1. The Morgan fingerprint density at radius 2 is 1.83 bits per heavy atom. The van der Waals surface area contributed by atoms with Gasteiger partial charge in [0.05, 0.1) is 11.6 Å². The molecule has 160 valence electrons. The fraction of sp³-hybridized carbons (Fsp3) is 0.542. The van der Waals surface area contributed by atoms with Gasteiger partial charge < -0.3 is 15.1 Å². The van der Waals surface area contributed by atoms with Crippen LogP contribution in [-0.4, -0.2) is 60.3 Å². The highest BCUT2D eigenvalue weighted by Crippen LogP contribution is 2.23. The second kappa shape index (κ2) is 10.0. The Morgan fingerprint density at radius 3 is 2.57 bits per heavy atom. The van der Waals surface area contributed by atoms with Gasteiger partial charge in [-0.05, 0) is 70.8 Å². The highest BCUT2D eigenvalue weighted by atomic mass is 16.1. The van der Waals surface area contributed by atoms with Crippen LogP contribution in [0.3, 0.4) is 0 Å². The van der Waals surface area contributed by atoms with Gasteiger partial charge >= 0.3 is 0 Å². The van der Waals surface area contributed by atoms with Gasteiger partial charge in [-0.2, -0.15) is 0 Å². The van der Waals surface area contributed by atoms with E-state index in [1.807, 2.05) is 12.1 Å². The molecule has 6 heteroatoms. The Bertz CT molecular complexity index is 814. The summed E-state index contributed by atoms with van der Waals surface area (Å²) in [6.45, 7) is 8.03. The maximum absolute atomic E-state index is 12.7. The minimum Gasteiger partial charge on any atom is -0.356 e. The van der Waals surface area contributed by atoms with Crippen LogP contribution in [0.1, 0.15) is 37.7 Å². The molecule has 2 aliphatic heterocycles. The predicted molar refractivity (Wildman–Crippen MR) is 120 cm³/mol. The molecule has 0 aliphatic carbocycles. The number of carbonyl (C=O) groups is 1. The van der Waals surface area contributed by atoms with Crippen LogP contribution in [0.25, 0.3) is 11.3 Å². The number of piperidine rings is 1. The molecule has 2 aromatic rings. The molecule has 1 aromatic heterocycles. The smallest absolute Gasteiger partial charge is 0.224 e. The van der Waals surface area contributed by atoms with E-state index in [-0.39, 0.29) is 11.8 Å². The maximum atomic E-state index is 12.7. The summed E-state index contributed by atoms with van der Waals surface area (Å²) in [7, 11) is 0. The molecular weight excluding hydrogens is 374 g/mol. The van der Waals surface area contributed by atoms with E-state index in [0.717, 1.165) is 62.5 Å². The number of hydrogen-bond donors (Lipinski definition) is 1. The summed E-state index contributed by atoms with van der Waals surface area (Å²) in [4.78, 5) is 17.3. The standard InChI is InChI=1S/C24H33N5O/c1-19-7-9-20(10-8-19)22-11-12-23(27-26-22)29-17-4-6-21(18-29)24(30)25-13-5-16-28-14-2-3-15-28/h7-12,21H,2-6,13-18H2,1H3,(H,25,30)/t21-/m0/s1. The first-order chi connectivity index (χ1) is 14.7. The number of rotatable bonds is 7. The zero-order valence-electron chi connectivity index (χ0n) is 18.0. The summed E-state index contributed by atoms with van der Waals surface area (Å²) in [6.07, 6.45) is 5.63. The van der Waals surface area contributed by atoms with Crippen LogP contribution in [0.15, 0.2) is 36.4 Å². The molecule has 1 N–H and O–H groups in total. The first kappa shape index (κ1) is 20.8. The zero-order valence-corrected chi connectivity index (χ0v) is 18.0. The lowest BCUT2D eigenvalue weighted by Gasteiger charge is -2.32. The van der Waals surface area contributed by atoms with E-state index < -0.39 is 0 Å². The molecule has 2 fully saturated rings. The second-order valence-electron chi connectivity index (χ2n) is 8.62. The summed E-state index contributed by atoms with van der Waals surface area (Å²) in [5.74, 6) is 1.08. The molecule has 0 saturated carbocycles. The third-order valence-corrected chi connectivity index (χ3v) is 6.26. The third kappa shape index (κ3) is 5.36. The number of anilines is 1. The van der Waals surface area contributed by atoms with Crippen LogP contribution in [0.4, 0.5) is 5.82 Å². The summed E-state index contributed by atoms with van der Waals surface area (Å²) in [6, 6.07) is 12.4. The Kier molecular flexibility index (Phi) is 6.95. The van der Waals surface area contributed by atoms with Crippen LogP contribution in [0.2, 0.25) is 0 Å². The Balaban J connectivity index is 1.27. The van der Waals surface area contributed by atoms with Gasteiger partial charge in [-0.15, -0.1) is 10.2 Å². The van der Waals surface area contributed by atoms with Crippen molar-refractivity contribution in [2.75, 3.05) is 44.2 Å². The molecule has 0 radical (unpaired) electrons. The van der Waals surface area contributed by atoms with E-state index in [4.69, 9.17) is 0 Å². The number of benzene rings is 1. The molecule has 3 heterocycles. The third-order valence-electron chi connectivity index (χ3n) is 6.26. The first-order valence-corrected chi connectivity index (χ1v) is 11.3. The highest BCUT2D eigenvalue weighted by Gasteiger charge is 2.26. The maximum Gasteiger partial charge on any atom is 0.224 e. The molecule has 30 heavy (non-hydrogen) atoms. The van der Waals surface area contributed by atoms with Crippen LogP contribution in [0, 0.1) is 12.8 Å². The van der Waals surface area contributed by atoms with E-state index in [1.165, 1.54) is 31.5 Å². The van der Waals surface area contributed by atoms with Crippen molar-refractivity contribution in [3.05, 3.63) is 42.0 Å². The fourth-order valence-corrected chi connectivity index (χ4v) is 4.44. The lowest BCUT2D eigenvalue weighted by molar-refractivity contribution is -0.125. The van der Waals surface area contributed by atoms with Gasteiger partial charge in [-0.25, -0.2) is 0 Å². The van der Waals surface area contributed by atoms with E-state index in [1.54, 1.807) is 0 Å². The van der Waals surface area contributed by atoms with E-state index >= 15 is 0 Å². The topological polar surface area (TPSA) is 61.4 Å². The molecule has 0 unspecified atom stereocenters. The van der Waals surface area contributed by atoms with Crippen LogP contribution >= 0.6 is 0 Å². The molecule has 6 nitrogen and oxygen atoms in total. The van der Waals surface area contributed by atoms with Gasteiger partial charge in [-0.1, -0.05) is 29.8 Å². The van der Waals surface area contributed by atoms with Gasteiger partial charge in [0.1, 0.15) is 0 Å². The van der Waals surface area contributed by atoms with Gasteiger partial charge in [0.2, 0.25) is 5.91 Å². The molecule has 1 aromatic carbocycles. The van der Waals surface area contributed by atoms with E-state index in [9.17, 15) is 4.79 Å². The van der Waals surface area contributed by atoms with Crippen molar-refractivity contribution in [2.45, 2.75) is 39.0 Å². The van der Waals surface area contributed by atoms with Gasteiger partial charge in [0.15, 0.2) is 5.82 Å². The number of aromatic nitrogens is 2. The predicted octanol–water partition coefficient (Wildman–Crippen LogP) is 3.27. The summed E-state index contributed by atoms with van der Waals surface area (Å²) < 4.78 is 0. The number of aryl methyl sites for hydroxylation is 1. The number of likely N-dealkylation sites (tertiary alicyclic amines) is 1. The van der Waals surface area contributed by atoms with Crippen LogP contribution in [-0.2, 0) is 4.79 Å². The van der Waals surface area contributed by atoms with Crippen molar-refractivity contribution in [2.24, 2.45) is 5.92 Å². The van der Waals surface area contributed by atoms with Gasteiger partial charge in [-0.3, -0.25) is 4.79 Å². The summed E-state index contributed by atoms with van der Waals surface area (Å²) in [5, 5.41) is 12.0. The molecular formula is C24H33N5O. The van der Waals surface area contributed by atoms with Crippen molar-refractivity contribution >= 4 is 11.7 Å². The summed E-state index contributed by atoms with van der Waals surface area (Å²) >= 11 is 0. The monoisotopic (exact) mass is 407 g/mol. The van der Waals surface area contributed by atoms with Gasteiger partial charge in [0.25, 0.3) is 0 Å². The lowest BCUT2D eigenvalue weighted by atomic mass is 9.97. The molecule has 0 spiro atoms. The zero-order chi connectivity index (χ0) is 20.8. The highest BCUT2D eigenvalue weighted by molar-refractivity contribution is 5.79. The molecule has 4 rings (SSSR count). The SMILES string of the molecule is Cc1ccc(-c2ccc(N3CCC[C@H](C(=O)NCCCN4CCCC4)C3)nn2)cc1. The largest absolute Gasteiger partial charge is 0.356 e. The number of nitrogens with one attached hydrogen (secondary N) is 1. The normalized spacial score (nSPS) is 19.8. The van der Waals surface area contributed by atoms with E-state index in [2.05, 4.69) is 56.5 Å². The lowest BCUT2D eigenvalue weighted by Crippen LogP contribution is -2.44.